The van der Waals surface area contributed by atoms with E-state index < -0.39 is 0 Å². The molecule has 1 heterocycles. The summed E-state index contributed by atoms with van der Waals surface area (Å²) in [6.45, 7) is 2.33. The number of nitrogens with zero attached hydrogens (tertiary/aromatic N) is 1. The lowest BCUT2D eigenvalue weighted by Crippen LogP contribution is -2.36. The first kappa shape index (κ1) is 12.5. The molecule has 16 heavy (non-hydrogen) atoms. The van der Waals surface area contributed by atoms with Crippen LogP contribution in [0.2, 0.25) is 5.02 Å². The molecular weight excluding hydrogens is 335 g/mol. The van der Waals surface area contributed by atoms with E-state index in [1.807, 2.05) is 6.07 Å². The number of nitrogens with one attached hydrogen (secondary N) is 1. The van der Waals surface area contributed by atoms with Crippen molar-refractivity contribution in [1.82, 2.24) is 4.90 Å². The van der Waals surface area contributed by atoms with Gasteiger partial charge in [-0.1, -0.05) is 11.6 Å². The molecule has 1 aromatic carbocycles. The first-order valence-corrected chi connectivity index (χ1v) is 7.01. The summed E-state index contributed by atoms with van der Waals surface area (Å²) in [5.41, 5.74) is 1.07. The van der Waals surface area contributed by atoms with Crippen LogP contribution in [0.1, 0.15) is 12.8 Å². The monoisotopic (exact) mass is 350 g/mol. The molecule has 1 N–H and O–H groups in total. The van der Waals surface area contributed by atoms with Gasteiger partial charge in [0.05, 0.1) is 10.7 Å². The quantitative estimate of drug-likeness (QED) is 0.822. The Hall–Kier alpha value is -0.0000000000000000555. The molecule has 1 aliphatic heterocycles. The van der Waals surface area contributed by atoms with E-state index in [1.54, 1.807) is 0 Å². The smallest absolute Gasteiger partial charge is 0.0648 e. The Morgan fingerprint density at radius 1 is 1.38 bits per heavy atom. The van der Waals surface area contributed by atoms with Crippen LogP contribution in [-0.2, 0) is 0 Å². The summed E-state index contributed by atoms with van der Waals surface area (Å²) in [7, 11) is 2.17. The molecule has 1 fully saturated rings. The summed E-state index contributed by atoms with van der Waals surface area (Å²) < 4.78 is 1.18. The molecule has 0 radical (unpaired) electrons. The number of halogens is 2. The van der Waals surface area contributed by atoms with Crippen molar-refractivity contribution in [2.24, 2.45) is 0 Å². The van der Waals surface area contributed by atoms with E-state index in [9.17, 15) is 0 Å². The molecular formula is C12H16ClIN2. The topological polar surface area (TPSA) is 15.3 Å². The fourth-order valence-electron chi connectivity index (χ4n) is 1.98. The van der Waals surface area contributed by atoms with E-state index in [4.69, 9.17) is 11.6 Å². The molecule has 0 aliphatic carbocycles. The summed E-state index contributed by atoms with van der Waals surface area (Å²) in [6, 6.07) is 6.72. The van der Waals surface area contributed by atoms with E-state index in [0.29, 0.717) is 6.04 Å². The highest BCUT2D eigenvalue weighted by Crippen LogP contribution is 2.26. The number of anilines is 1. The first-order chi connectivity index (χ1) is 7.65. The maximum atomic E-state index is 6.20. The van der Waals surface area contributed by atoms with Crippen LogP contribution in [-0.4, -0.2) is 31.1 Å². The third kappa shape index (κ3) is 3.25. The molecule has 2 nitrogen and oxygen atoms in total. The van der Waals surface area contributed by atoms with Gasteiger partial charge in [0.25, 0.3) is 0 Å². The lowest BCUT2D eigenvalue weighted by molar-refractivity contribution is 0.264. The highest BCUT2D eigenvalue weighted by Gasteiger charge is 2.16. The van der Waals surface area contributed by atoms with Crippen LogP contribution in [0.3, 0.4) is 0 Å². The maximum absolute atomic E-state index is 6.20. The van der Waals surface area contributed by atoms with Gasteiger partial charge in [0, 0.05) is 9.61 Å². The number of rotatable bonds is 2. The van der Waals surface area contributed by atoms with E-state index in [1.165, 1.54) is 29.5 Å². The molecule has 2 rings (SSSR count). The minimum atomic E-state index is 0.564. The minimum absolute atomic E-state index is 0.564. The van der Waals surface area contributed by atoms with Crippen LogP contribution in [0.25, 0.3) is 0 Å². The van der Waals surface area contributed by atoms with Crippen molar-refractivity contribution >= 4 is 39.9 Å². The van der Waals surface area contributed by atoms with Crippen molar-refractivity contribution in [2.45, 2.75) is 18.9 Å². The maximum Gasteiger partial charge on any atom is 0.0648 e. The number of hydrogen-bond donors (Lipinski definition) is 1. The SMILES string of the molecule is CN1CCC(Nc2ccc(I)cc2Cl)CC1. The second-order valence-electron chi connectivity index (χ2n) is 4.35. The summed E-state index contributed by atoms with van der Waals surface area (Å²) in [5, 5.41) is 4.36. The zero-order valence-electron chi connectivity index (χ0n) is 9.34. The summed E-state index contributed by atoms with van der Waals surface area (Å²) >= 11 is 8.48. The number of hydrogen-bond acceptors (Lipinski definition) is 2. The molecule has 0 aromatic heterocycles. The van der Waals surface area contributed by atoms with Crippen LogP contribution in [0.4, 0.5) is 5.69 Å². The van der Waals surface area contributed by atoms with E-state index in [0.717, 1.165) is 10.7 Å². The second-order valence-corrected chi connectivity index (χ2v) is 6.00. The molecule has 0 bridgehead atoms. The van der Waals surface area contributed by atoms with Crippen LogP contribution in [0.5, 0.6) is 0 Å². The molecule has 0 spiro atoms. The van der Waals surface area contributed by atoms with Crippen LogP contribution < -0.4 is 5.32 Å². The average molecular weight is 351 g/mol. The van der Waals surface area contributed by atoms with Crippen molar-refractivity contribution in [3.05, 3.63) is 26.8 Å². The number of piperidine rings is 1. The molecule has 4 heteroatoms. The normalized spacial score (nSPS) is 18.7. The van der Waals surface area contributed by atoms with Gasteiger partial charge >= 0.3 is 0 Å². The van der Waals surface area contributed by atoms with Gasteiger partial charge in [-0.25, -0.2) is 0 Å². The van der Waals surface area contributed by atoms with Gasteiger partial charge < -0.3 is 10.2 Å². The minimum Gasteiger partial charge on any atom is -0.381 e. The van der Waals surface area contributed by atoms with Crippen molar-refractivity contribution in [3.63, 3.8) is 0 Å². The predicted octanol–water partition coefficient (Wildman–Crippen LogP) is 3.45. The zero-order valence-corrected chi connectivity index (χ0v) is 12.3. The average Bonchev–Trinajstić information content (AvgIpc) is 2.25. The largest absolute Gasteiger partial charge is 0.381 e. The fraction of sp³-hybridized carbons (Fsp3) is 0.500. The fourth-order valence-corrected chi connectivity index (χ4v) is 2.89. The molecule has 0 atom stereocenters. The Kier molecular flexibility index (Phi) is 4.33. The molecule has 1 aliphatic rings. The van der Waals surface area contributed by atoms with Crippen LogP contribution in [0.15, 0.2) is 18.2 Å². The number of benzene rings is 1. The Bertz CT molecular complexity index is 362. The summed E-state index contributed by atoms with van der Waals surface area (Å²) in [5.74, 6) is 0. The second kappa shape index (κ2) is 5.56. The van der Waals surface area contributed by atoms with Crippen LogP contribution in [0, 0.1) is 3.57 Å². The molecule has 1 aromatic rings. The third-order valence-corrected chi connectivity index (χ3v) is 3.99. The third-order valence-electron chi connectivity index (χ3n) is 3.01. The summed E-state index contributed by atoms with van der Waals surface area (Å²) in [6.07, 6.45) is 2.39. The molecule has 0 amide bonds. The van der Waals surface area contributed by atoms with E-state index >= 15 is 0 Å². The number of likely N-dealkylation sites (tertiary alicyclic amines) is 1. The molecule has 88 valence electrons. The van der Waals surface area contributed by atoms with Gasteiger partial charge in [0.15, 0.2) is 0 Å². The van der Waals surface area contributed by atoms with E-state index in [-0.39, 0.29) is 0 Å². The Morgan fingerprint density at radius 2 is 2.06 bits per heavy atom. The van der Waals surface area contributed by atoms with Crippen LogP contribution >= 0.6 is 34.2 Å². The highest BCUT2D eigenvalue weighted by atomic mass is 127. The molecule has 1 saturated heterocycles. The summed E-state index contributed by atoms with van der Waals surface area (Å²) in [4.78, 5) is 2.37. The Labute approximate surface area is 115 Å². The predicted molar refractivity (Wildman–Crippen MR) is 78.3 cm³/mol. The standard InChI is InChI=1S/C12H16ClIN2/c1-16-6-4-10(5-7-16)15-12-3-2-9(14)8-11(12)13/h2-3,8,10,15H,4-7H2,1H3. The van der Waals surface area contributed by atoms with Crippen molar-refractivity contribution in [3.8, 4) is 0 Å². The molecule has 0 unspecified atom stereocenters. The lowest BCUT2D eigenvalue weighted by Gasteiger charge is -2.30. The van der Waals surface area contributed by atoms with Gasteiger partial charge in [-0.05, 0) is 73.8 Å². The van der Waals surface area contributed by atoms with Gasteiger partial charge in [-0.3, -0.25) is 0 Å². The van der Waals surface area contributed by atoms with Crippen molar-refractivity contribution < 1.29 is 0 Å². The zero-order chi connectivity index (χ0) is 11.5. The van der Waals surface area contributed by atoms with E-state index in [2.05, 4.69) is 52.0 Å². The van der Waals surface area contributed by atoms with Crippen molar-refractivity contribution in [1.29, 1.82) is 0 Å². The first-order valence-electron chi connectivity index (χ1n) is 5.55. The van der Waals surface area contributed by atoms with Crippen molar-refractivity contribution in [2.75, 3.05) is 25.5 Å². The van der Waals surface area contributed by atoms with Gasteiger partial charge in [0.1, 0.15) is 0 Å². The van der Waals surface area contributed by atoms with Gasteiger partial charge in [-0.2, -0.15) is 0 Å². The Balaban J connectivity index is 1.98. The van der Waals surface area contributed by atoms with Gasteiger partial charge in [-0.15, -0.1) is 0 Å². The highest BCUT2D eigenvalue weighted by molar-refractivity contribution is 14.1. The lowest BCUT2D eigenvalue weighted by atomic mass is 10.1. The molecule has 0 saturated carbocycles. The van der Waals surface area contributed by atoms with Gasteiger partial charge in [0.2, 0.25) is 0 Å². The Morgan fingerprint density at radius 3 is 2.69 bits per heavy atom.